The maximum Gasteiger partial charge on any atom is 0.229 e. The quantitative estimate of drug-likeness (QED) is 0.905. The Morgan fingerprint density at radius 1 is 1.12 bits per heavy atom. The van der Waals surface area contributed by atoms with Crippen molar-refractivity contribution in [1.29, 1.82) is 0 Å². The van der Waals surface area contributed by atoms with Gasteiger partial charge < -0.3 is 10.6 Å². The van der Waals surface area contributed by atoms with Crippen molar-refractivity contribution in [2.75, 3.05) is 13.1 Å². The first-order valence-corrected chi connectivity index (χ1v) is 8.78. The largest absolute Gasteiger partial charge is 0.340 e. The minimum Gasteiger partial charge on any atom is -0.340 e. The summed E-state index contributed by atoms with van der Waals surface area (Å²) in [6.45, 7) is 5.47. The van der Waals surface area contributed by atoms with Gasteiger partial charge in [-0.3, -0.25) is 4.79 Å². The Morgan fingerprint density at radius 3 is 2.36 bits per heavy atom. The molecule has 1 aliphatic rings. The molecule has 1 saturated heterocycles. The number of nitrogens with zero attached hydrogens (tertiary/aromatic N) is 1. The van der Waals surface area contributed by atoms with Gasteiger partial charge >= 0.3 is 0 Å². The first-order chi connectivity index (χ1) is 11.6. The predicted molar refractivity (Wildman–Crippen MR) is 105 cm³/mol. The second kappa shape index (κ2) is 8.50. The summed E-state index contributed by atoms with van der Waals surface area (Å²) in [7, 11) is 0. The fraction of sp³-hybridized carbons (Fsp3) is 0.381. The Kier molecular flexibility index (Phi) is 6.63. The van der Waals surface area contributed by atoms with Crippen molar-refractivity contribution in [3.63, 3.8) is 0 Å². The Labute approximate surface area is 156 Å². The molecule has 0 aromatic heterocycles. The maximum absolute atomic E-state index is 12.9. The molecule has 1 fully saturated rings. The van der Waals surface area contributed by atoms with Gasteiger partial charge in [-0.15, -0.1) is 12.4 Å². The van der Waals surface area contributed by atoms with E-state index in [0.29, 0.717) is 13.1 Å². The number of halogens is 1. The Balaban J connectivity index is 0.00000225. The van der Waals surface area contributed by atoms with Crippen molar-refractivity contribution in [3.8, 4) is 0 Å². The number of carbonyl (C=O) groups is 1. The van der Waals surface area contributed by atoms with E-state index in [1.807, 2.05) is 30.0 Å². The van der Waals surface area contributed by atoms with Crippen LogP contribution in [0.15, 0.2) is 54.6 Å². The highest BCUT2D eigenvalue weighted by Crippen LogP contribution is 2.29. The van der Waals surface area contributed by atoms with Crippen LogP contribution in [0.25, 0.3) is 0 Å². The van der Waals surface area contributed by atoms with E-state index in [1.54, 1.807) is 0 Å². The summed E-state index contributed by atoms with van der Waals surface area (Å²) in [4.78, 5) is 14.8. The summed E-state index contributed by atoms with van der Waals surface area (Å²) >= 11 is 0. The van der Waals surface area contributed by atoms with Gasteiger partial charge in [0.15, 0.2) is 0 Å². The molecule has 2 aromatic carbocycles. The third-order valence-corrected chi connectivity index (χ3v) is 5.16. The van der Waals surface area contributed by atoms with Gasteiger partial charge in [0.05, 0.1) is 5.92 Å². The highest BCUT2D eigenvalue weighted by Gasteiger charge is 2.35. The first kappa shape index (κ1) is 19.5. The lowest BCUT2D eigenvalue weighted by Crippen LogP contribution is -2.34. The van der Waals surface area contributed by atoms with Crippen LogP contribution in [0.5, 0.6) is 0 Å². The molecule has 2 N–H and O–H groups in total. The zero-order valence-electron chi connectivity index (χ0n) is 14.9. The molecular weight excluding hydrogens is 332 g/mol. The van der Waals surface area contributed by atoms with Gasteiger partial charge in [0.1, 0.15) is 0 Å². The Hall–Kier alpha value is -1.84. The summed E-state index contributed by atoms with van der Waals surface area (Å²) in [5.41, 5.74) is 9.92. The second-order valence-corrected chi connectivity index (χ2v) is 6.74. The number of aryl methyl sites for hydroxylation is 1. The van der Waals surface area contributed by atoms with Gasteiger partial charge in [0.2, 0.25) is 5.91 Å². The van der Waals surface area contributed by atoms with Crippen LogP contribution in [0.3, 0.4) is 0 Å². The lowest BCUT2D eigenvalue weighted by Gasteiger charge is -2.21. The predicted octanol–water partition coefficient (Wildman–Crippen LogP) is 3.73. The van der Waals surface area contributed by atoms with Crippen molar-refractivity contribution in [2.24, 2.45) is 5.73 Å². The number of hydrogen-bond acceptors (Lipinski definition) is 2. The Bertz CT molecular complexity index is 687. The number of rotatable bonds is 4. The van der Waals surface area contributed by atoms with Crippen LogP contribution in [-0.2, 0) is 11.2 Å². The molecular formula is C21H27ClN2O. The van der Waals surface area contributed by atoms with Crippen molar-refractivity contribution in [3.05, 3.63) is 71.3 Å². The van der Waals surface area contributed by atoms with Gasteiger partial charge in [0.25, 0.3) is 0 Å². The molecule has 1 aliphatic heterocycles. The van der Waals surface area contributed by atoms with Gasteiger partial charge in [0, 0.05) is 25.0 Å². The highest BCUT2D eigenvalue weighted by atomic mass is 35.5. The lowest BCUT2D eigenvalue weighted by atomic mass is 9.95. The van der Waals surface area contributed by atoms with E-state index >= 15 is 0 Å². The van der Waals surface area contributed by atoms with E-state index in [4.69, 9.17) is 5.73 Å². The molecule has 0 saturated carbocycles. The van der Waals surface area contributed by atoms with Crippen LogP contribution in [0.1, 0.15) is 42.4 Å². The number of benzene rings is 2. The van der Waals surface area contributed by atoms with Gasteiger partial charge in [-0.05, 0) is 30.0 Å². The molecule has 1 heterocycles. The Morgan fingerprint density at radius 2 is 1.76 bits per heavy atom. The third kappa shape index (κ3) is 4.23. The second-order valence-electron chi connectivity index (χ2n) is 6.74. The van der Waals surface area contributed by atoms with Crippen LogP contribution < -0.4 is 5.73 Å². The molecule has 0 aliphatic carbocycles. The van der Waals surface area contributed by atoms with Crippen LogP contribution >= 0.6 is 12.4 Å². The third-order valence-electron chi connectivity index (χ3n) is 5.16. The molecule has 0 spiro atoms. The lowest BCUT2D eigenvalue weighted by molar-refractivity contribution is -0.131. The van der Waals surface area contributed by atoms with Crippen LogP contribution in [0, 0.1) is 0 Å². The highest BCUT2D eigenvalue weighted by molar-refractivity contribution is 5.85. The number of nitrogens with two attached hydrogens (primary N) is 1. The smallest absolute Gasteiger partial charge is 0.229 e. The molecule has 3 nitrogen and oxygen atoms in total. The number of likely N-dealkylation sites (tertiary alicyclic amines) is 1. The normalized spacial score (nSPS) is 20.8. The summed E-state index contributed by atoms with van der Waals surface area (Å²) < 4.78 is 0. The molecule has 0 bridgehead atoms. The molecule has 3 rings (SSSR count). The summed E-state index contributed by atoms with van der Waals surface area (Å²) in [6, 6.07) is 18.7. The van der Waals surface area contributed by atoms with Crippen molar-refractivity contribution in [1.82, 2.24) is 4.90 Å². The molecule has 2 aromatic rings. The molecule has 1 amide bonds. The minimum atomic E-state index is -0.127. The van der Waals surface area contributed by atoms with Crippen LogP contribution in [0.4, 0.5) is 0 Å². The van der Waals surface area contributed by atoms with Crippen LogP contribution in [0.2, 0.25) is 0 Å². The van der Waals surface area contributed by atoms with E-state index in [1.165, 1.54) is 11.1 Å². The monoisotopic (exact) mass is 358 g/mol. The summed E-state index contributed by atoms with van der Waals surface area (Å²) in [5, 5.41) is 0. The maximum atomic E-state index is 12.9. The summed E-state index contributed by atoms with van der Waals surface area (Å²) in [5.74, 6) is 0.274. The van der Waals surface area contributed by atoms with E-state index in [0.717, 1.165) is 12.0 Å². The molecule has 25 heavy (non-hydrogen) atoms. The minimum absolute atomic E-state index is 0. The van der Waals surface area contributed by atoms with Crippen molar-refractivity contribution < 1.29 is 4.79 Å². The summed E-state index contributed by atoms with van der Waals surface area (Å²) in [6.07, 6.45) is 1.02. The molecule has 3 atom stereocenters. The van der Waals surface area contributed by atoms with E-state index in [2.05, 4.69) is 43.3 Å². The average Bonchev–Trinajstić information content (AvgIpc) is 3.03. The number of amides is 1. The fourth-order valence-corrected chi connectivity index (χ4v) is 3.52. The SMILES string of the molecule is CCc1ccc(C(C)C(=O)N2C[C@@H](N)[C@H](c3ccccc3)C2)cc1.Cl. The van der Waals surface area contributed by atoms with E-state index < -0.39 is 0 Å². The fourth-order valence-electron chi connectivity index (χ4n) is 3.52. The average molecular weight is 359 g/mol. The molecule has 0 radical (unpaired) electrons. The molecule has 134 valence electrons. The van der Waals surface area contributed by atoms with Gasteiger partial charge in [-0.25, -0.2) is 0 Å². The topological polar surface area (TPSA) is 46.3 Å². The van der Waals surface area contributed by atoms with Gasteiger partial charge in [-0.2, -0.15) is 0 Å². The van der Waals surface area contributed by atoms with Crippen molar-refractivity contribution in [2.45, 2.75) is 38.1 Å². The molecule has 1 unspecified atom stereocenters. The van der Waals surface area contributed by atoms with Crippen LogP contribution in [-0.4, -0.2) is 29.9 Å². The zero-order chi connectivity index (χ0) is 17.1. The van der Waals surface area contributed by atoms with E-state index in [9.17, 15) is 4.79 Å². The zero-order valence-corrected chi connectivity index (χ0v) is 15.7. The molecule has 4 heteroatoms. The van der Waals surface area contributed by atoms with Gasteiger partial charge in [-0.1, -0.05) is 61.5 Å². The number of hydrogen-bond donors (Lipinski definition) is 1. The number of carbonyl (C=O) groups excluding carboxylic acids is 1. The first-order valence-electron chi connectivity index (χ1n) is 8.78. The van der Waals surface area contributed by atoms with Crippen molar-refractivity contribution >= 4 is 18.3 Å². The standard InChI is InChI=1S/C21H26N2O.ClH/c1-3-16-9-11-17(12-10-16)15(2)21(24)23-13-19(20(22)14-23)18-7-5-4-6-8-18;/h4-12,15,19-20H,3,13-14,22H2,1-2H3;1H/t15?,19-,20+;/m0./s1. The van der Waals surface area contributed by atoms with E-state index in [-0.39, 0.29) is 36.2 Å².